The first-order chi connectivity index (χ1) is 12.7. The number of aliphatic imine (C=N–C) groups is 1. The molecule has 1 heterocycles. The van der Waals surface area contributed by atoms with Gasteiger partial charge in [-0.3, -0.25) is 9.79 Å². The van der Waals surface area contributed by atoms with Crippen molar-refractivity contribution < 1.29 is 4.79 Å². The number of nitrogens with zero attached hydrogens (tertiary/aromatic N) is 1. The molecule has 0 saturated heterocycles. The number of carbonyl (C=O) groups excluding carboxylic acids is 1. The Morgan fingerprint density at radius 3 is 2.92 bits per heavy atom. The predicted octanol–water partition coefficient (Wildman–Crippen LogP) is 3.49. The molecule has 0 aromatic heterocycles. The molecule has 1 aromatic carbocycles. The van der Waals surface area contributed by atoms with Crippen LogP contribution >= 0.6 is 0 Å². The van der Waals surface area contributed by atoms with Gasteiger partial charge in [0.15, 0.2) is 5.96 Å². The fourth-order valence-electron chi connectivity index (χ4n) is 4.19. The molecule has 1 aromatic rings. The Balaban J connectivity index is 1.60. The topological polar surface area (TPSA) is 65.5 Å². The molecule has 0 radical (unpaired) electrons. The molecule has 5 nitrogen and oxygen atoms in total. The van der Waals surface area contributed by atoms with E-state index in [1.165, 1.54) is 31.2 Å². The van der Waals surface area contributed by atoms with Crippen LogP contribution in [-0.2, 0) is 4.79 Å². The van der Waals surface area contributed by atoms with Gasteiger partial charge >= 0.3 is 0 Å². The van der Waals surface area contributed by atoms with Crippen molar-refractivity contribution >= 4 is 17.6 Å². The molecule has 1 fully saturated rings. The maximum absolute atomic E-state index is 12.0. The van der Waals surface area contributed by atoms with Gasteiger partial charge in [-0.2, -0.15) is 0 Å². The summed E-state index contributed by atoms with van der Waals surface area (Å²) < 4.78 is 0. The van der Waals surface area contributed by atoms with Crippen LogP contribution in [0.5, 0.6) is 0 Å². The lowest BCUT2D eigenvalue weighted by atomic mass is 9.82. The van der Waals surface area contributed by atoms with Crippen LogP contribution in [0.1, 0.15) is 57.4 Å². The maximum Gasteiger partial charge on any atom is 0.225 e. The number of fused-ring (bicyclic) bond motifs is 1. The highest BCUT2D eigenvalue weighted by atomic mass is 16.1. The van der Waals surface area contributed by atoms with E-state index in [4.69, 9.17) is 4.99 Å². The molecule has 0 spiro atoms. The van der Waals surface area contributed by atoms with Gasteiger partial charge in [-0.1, -0.05) is 38.0 Å². The molecule has 3 N–H and O–H groups in total. The lowest BCUT2D eigenvalue weighted by molar-refractivity contribution is -0.116. The Kier molecular flexibility index (Phi) is 6.53. The zero-order valence-corrected chi connectivity index (χ0v) is 16.1. The van der Waals surface area contributed by atoms with Crippen LogP contribution in [0.15, 0.2) is 29.3 Å². The van der Waals surface area contributed by atoms with Crippen molar-refractivity contribution in [2.75, 3.05) is 25.0 Å². The van der Waals surface area contributed by atoms with Crippen molar-refractivity contribution in [1.29, 1.82) is 0 Å². The molecule has 1 aliphatic carbocycles. The summed E-state index contributed by atoms with van der Waals surface area (Å²) in [4.78, 5) is 16.8. The van der Waals surface area contributed by atoms with Crippen molar-refractivity contribution in [2.45, 2.75) is 51.9 Å². The van der Waals surface area contributed by atoms with E-state index in [-0.39, 0.29) is 11.8 Å². The summed E-state index contributed by atoms with van der Waals surface area (Å²) in [6.07, 6.45) is 5.80. The highest BCUT2D eigenvalue weighted by Gasteiger charge is 2.25. The molecule has 26 heavy (non-hydrogen) atoms. The molecule has 3 rings (SSSR count). The Hall–Kier alpha value is -2.04. The van der Waals surface area contributed by atoms with E-state index in [2.05, 4.69) is 35.9 Å². The highest BCUT2D eigenvalue weighted by molar-refractivity contribution is 5.94. The summed E-state index contributed by atoms with van der Waals surface area (Å²) >= 11 is 0. The molecule has 0 bridgehead atoms. The Morgan fingerprint density at radius 1 is 1.27 bits per heavy atom. The van der Waals surface area contributed by atoms with Gasteiger partial charge in [-0.25, -0.2) is 0 Å². The van der Waals surface area contributed by atoms with E-state index >= 15 is 0 Å². The zero-order valence-electron chi connectivity index (χ0n) is 16.1. The monoisotopic (exact) mass is 356 g/mol. The molecule has 1 saturated carbocycles. The summed E-state index contributed by atoms with van der Waals surface area (Å²) in [5.41, 5.74) is 2.14. The first-order valence-corrected chi connectivity index (χ1v) is 10.1. The largest absolute Gasteiger partial charge is 0.357 e. The van der Waals surface area contributed by atoms with Crippen LogP contribution in [0.4, 0.5) is 5.69 Å². The molecule has 142 valence electrons. The molecule has 1 amide bonds. The first kappa shape index (κ1) is 18.7. The van der Waals surface area contributed by atoms with Crippen LogP contribution in [-0.4, -0.2) is 31.5 Å². The van der Waals surface area contributed by atoms with E-state index in [9.17, 15) is 4.79 Å². The third-order valence-corrected chi connectivity index (χ3v) is 5.52. The Morgan fingerprint density at radius 2 is 2.12 bits per heavy atom. The van der Waals surface area contributed by atoms with Gasteiger partial charge in [0.25, 0.3) is 0 Å². The summed E-state index contributed by atoms with van der Waals surface area (Å²) in [5.74, 6) is 2.67. The normalized spacial score (nSPS) is 26.0. The number of anilines is 1. The molecule has 3 atom stereocenters. The summed E-state index contributed by atoms with van der Waals surface area (Å²) in [5, 5.41) is 9.77. The SMILES string of the molecule is CCNC(=NCC1CCCC(C)C1)NCC1CC(=O)Nc2ccccc21. The Labute approximate surface area is 157 Å². The van der Waals surface area contributed by atoms with Gasteiger partial charge in [0.05, 0.1) is 0 Å². The summed E-state index contributed by atoms with van der Waals surface area (Å²) in [6, 6.07) is 8.08. The van der Waals surface area contributed by atoms with E-state index in [0.717, 1.165) is 37.2 Å². The van der Waals surface area contributed by atoms with Gasteiger partial charge in [0.1, 0.15) is 0 Å². The van der Waals surface area contributed by atoms with E-state index < -0.39 is 0 Å². The van der Waals surface area contributed by atoms with Gasteiger partial charge < -0.3 is 16.0 Å². The predicted molar refractivity (Wildman–Crippen MR) is 108 cm³/mol. The minimum Gasteiger partial charge on any atom is -0.357 e. The number of hydrogen-bond donors (Lipinski definition) is 3. The van der Waals surface area contributed by atoms with Gasteiger partial charge in [0.2, 0.25) is 5.91 Å². The number of benzene rings is 1. The summed E-state index contributed by atoms with van der Waals surface area (Å²) in [6.45, 7) is 6.89. The summed E-state index contributed by atoms with van der Waals surface area (Å²) in [7, 11) is 0. The Bertz CT molecular complexity index is 643. The van der Waals surface area contributed by atoms with Crippen LogP contribution in [0.2, 0.25) is 0 Å². The average molecular weight is 357 g/mol. The second-order valence-electron chi connectivity index (χ2n) is 7.77. The van der Waals surface area contributed by atoms with Crippen molar-refractivity contribution in [3.8, 4) is 0 Å². The lowest BCUT2D eigenvalue weighted by Gasteiger charge is -2.27. The quantitative estimate of drug-likeness (QED) is 0.559. The number of rotatable bonds is 5. The number of nitrogens with one attached hydrogen (secondary N) is 3. The second kappa shape index (κ2) is 9.06. The standard InChI is InChI=1S/C21H32N4O/c1-3-22-21(23-13-16-8-6-7-15(2)11-16)24-14-17-12-20(26)25-19-10-5-4-9-18(17)19/h4-5,9-10,15-17H,3,6-8,11-14H2,1-2H3,(H,25,26)(H2,22,23,24). The van der Waals surface area contributed by atoms with Crippen LogP contribution in [0.3, 0.4) is 0 Å². The number of amides is 1. The van der Waals surface area contributed by atoms with Crippen molar-refractivity contribution in [2.24, 2.45) is 16.8 Å². The molecular formula is C21H32N4O. The minimum absolute atomic E-state index is 0.0913. The van der Waals surface area contributed by atoms with Crippen LogP contribution < -0.4 is 16.0 Å². The lowest BCUT2D eigenvalue weighted by Crippen LogP contribution is -2.41. The van der Waals surface area contributed by atoms with Crippen molar-refractivity contribution in [3.63, 3.8) is 0 Å². The molecular weight excluding hydrogens is 324 g/mol. The number of guanidine groups is 1. The van der Waals surface area contributed by atoms with Crippen molar-refractivity contribution in [1.82, 2.24) is 10.6 Å². The molecule has 5 heteroatoms. The third kappa shape index (κ3) is 4.99. The van der Waals surface area contributed by atoms with Gasteiger partial charge in [0, 0.05) is 37.7 Å². The van der Waals surface area contributed by atoms with E-state index in [1.54, 1.807) is 0 Å². The van der Waals surface area contributed by atoms with Crippen molar-refractivity contribution in [3.05, 3.63) is 29.8 Å². The smallest absolute Gasteiger partial charge is 0.225 e. The van der Waals surface area contributed by atoms with E-state index in [0.29, 0.717) is 12.3 Å². The molecule has 2 aliphatic rings. The van der Waals surface area contributed by atoms with Gasteiger partial charge in [-0.05, 0) is 43.2 Å². The van der Waals surface area contributed by atoms with Crippen LogP contribution in [0, 0.1) is 11.8 Å². The number of carbonyl (C=O) groups is 1. The number of hydrogen-bond acceptors (Lipinski definition) is 2. The third-order valence-electron chi connectivity index (χ3n) is 5.52. The second-order valence-corrected chi connectivity index (χ2v) is 7.77. The highest BCUT2D eigenvalue weighted by Crippen LogP contribution is 2.31. The van der Waals surface area contributed by atoms with Gasteiger partial charge in [-0.15, -0.1) is 0 Å². The first-order valence-electron chi connectivity index (χ1n) is 10.1. The zero-order chi connectivity index (χ0) is 18.4. The maximum atomic E-state index is 12.0. The fraction of sp³-hybridized carbons (Fsp3) is 0.619. The molecule has 1 aliphatic heterocycles. The average Bonchev–Trinajstić information content (AvgIpc) is 2.63. The minimum atomic E-state index is 0.0913. The fourth-order valence-corrected chi connectivity index (χ4v) is 4.19. The van der Waals surface area contributed by atoms with Crippen LogP contribution in [0.25, 0.3) is 0 Å². The number of para-hydroxylation sites is 1. The van der Waals surface area contributed by atoms with E-state index in [1.807, 2.05) is 18.2 Å². The molecule has 3 unspecified atom stereocenters.